The monoisotopic (exact) mass is 213 g/mol. The van der Waals surface area contributed by atoms with E-state index in [0.717, 1.165) is 0 Å². The number of esters is 2. The van der Waals surface area contributed by atoms with E-state index in [0.29, 0.717) is 0 Å². The van der Waals surface area contributed by atoms with Crippen molar-refractivity contribution in [3.05, 3.63) is 12.2 Å². The highest BCUT2D eigenvalue weighted by Gasteiger charge is 2.19. The van der Waals surface area contributed by atoms with Crippen LogP contribution in [0.4, 0.5) is 0 Å². The molecule has 1 atom stereocenters. The molecule has 0 bridgehead atoms. The van der Waals surface area contributed by atoms with E-state index in [-0.39, 0.29) is 5.82 Å². The fourth-order valence-electron chi connectivity index (χ4n) is 0.925. The molecule has 7 heteroatoms. The molecule has 0 saturated heterocycles. The molecule has 1 heterocycles. The highest BCUT2D eigenvalue weighted by Crippen LogP contribution is 2.05. The fraction of sp³-hybridized carbons (Fsp3) is 0.500. The van der Waals surface area contributed by atoms with Gasteiger partial charge in [0.2, 0.25) is 0 Å². The largest absolute Gasteiger partial charge is 0.467 e. The van der Waals surface area contributed by atoms with Crippen LogP contribution in [0, 0.1) is 0 Å². The molecule has 0 N–H and O–H groups in total. The summed E-state index contributed by atoms with van der Waals surface area (Å²) in [5.74, 6) is -1.20. The Kier molecular flexibility index (Phi) is 3.37. The molecule has 0 aliphatic heterocycles. The van der Waals surface area contributed by atoms with Crippen molar-refractivity contribution in [3.8, 4) is 0 Å². The summed E-state index contributed by atoms with van der Waals surface area (Å²) in [4.78, 5) is 25.8. The zero-order chi connectivity index (χ0) is 11.4. The number of carbonyl (C=O) groups excluding carboxylic acids is 2. The number of ether oxygens (including phenoxy) is 2. The molecule has 0 fully saturated rings. The fourth-order valence-corrected chi connectivity index (χ4v) is 0.925. The van der Waals surface area contributed by atoms with Crippen LogP contribution in [0.25, 0.3) is 0 Å². The van der Waals surface area contributed by atoms with Crippen LogP contribution in [-0.4, -0.2) is 40.9 Å². The van der Waals surface area contributed by atoms with E-state index in [4.69, 9.17) is 0 Å². The maximum Gasteiger partial charge on any atom is 0.377 e. The summed E-state index contributed by atoms with van der Waals surface area (Å²) in [7, 11) is 2.50. The molecular weight excluding hydrogens is 202 g/mol. The van der Waals surface area contributed by atoms with E-state index in [1.807, 2.05) is 0 Å². The lowest BCUT2D eigenvalue weighted by atomic mass is 10.4. The first-order chi connectivity index (χ1) is 7.10. The van der Waals surface area contributed by atoms with Crippen LogP contribution >= 0.6 is 0 Å². The first-order valence-corrected chi connectivity index (χ1v) is 4.17. The summed E-state index contributed by atoms with van der Waals surface area (Å²) in [6, 6.07) is -0.624. The van der Waals surface area contributed by atoms with Crippen molar-refractivity contribution in [1.82, 2.24) is 14.8 Å². The number of aromatic nitrogens is 3. The predicted octanol–water partition coefficient (Wildman–Crippen LogP) is -0.201. The van der Waals surface area contributed by atoms with Crippen LogP contribution in [-0.2, 0) is 14.3 Å². The van der Waals surface area contributed by atoms with Gasteiger partial charge >= 0.3 is 11.9 Å². The summed E-state index contributed by atoms with van der Waals surface area (Å²) in [6.45, 7) is 1.58. The van der Waals surface area contributed by atoms with Gasteiger partial charge in [0.05, 0.1) is 14.2 Å². The molecule has 0 radical (unpaired) electrons. The molecule has 0 saturated carbocycles. The maximum atomic E-state index is 11.1. The SMILES string of the molecule is COC(=O)c1ncn([C@@H](C)C(=O)OC)n1. The smallest absolute Gasteiger partial charge is 0.377 e. The van der Waals surface area contributed by atoms with Gasteiger partial charge in [-0.15, -0.1) is 5.10 Å². The number of methoxy groups -OCH3 is 2. The zero-order valence-corrected chi connectivity index (χ0v) is 8.63. The Hall–Kier alpha value is -1.92. The van der Waals surface area contributed by atoms with Gasteiger partial charge in [0.15, 0.2) is 0 Å². The highest BCUT2D eigenvalue weighted by atomic mass is 16.5. The van der Waals surface area contributed by atoms with Crippen molar-refractivity contribution in [3.63, 3.8) is 0 Å². The van der Waals surface area contributed by atoms with Gasteiger partial charge in [-0.2, -0.15) is 0 Å². The Morgan fingerprint density at radius 1 is 1.40 bits per heavy atom. The van der Waals surface area contributed by atoms with Gasteiger partial charge in [-0.05, 0) is 6.92 Å². The van der Waals surface area contributed by atoms with E-state index >= 15 is 0 Å². The normalized spacial score (nSPS) is 11.9. The topological polar surface area (TPSA) is 83.3 Å². The molecule has 0 aliphatic carbocycles. The minimum Gasteiger partial charge on any atom is -0.467 e. The quantitative estimate of drug-likeness (QED) is 0.646. The lowest BCUT2D eigenvalue weighted by Gasteiger charge is -2.07. The van der Waals surface area contributed by atoms with E-state index in [1.54, 1.807) is 6.92 Å². The summed E-state index contributed by atoms with van der Waals surface area (Å²) in [5.41, 5.74) is 0. The summed E-state index contributed by atoms with van der Waals surface area (Å²) >= 11 is 0. The van der Waals surface area contributed by atoms with Crippen LogP contribution in [0.15, 0.2) is 6.33 Å². The molecular formula is C8H11N3O4. The highest BCUT2D eigenvalue weighted by molar-refractivity contribution is 5.84. The van der Waals surface area contributed by atoms with E-state index in [1.165, 1.54) is 25.2 Å². The molecule has 0 aromatic carbocycles. The summed E-state index contributed by atoms with van der Waals surface area (Å²) in [6.07, 6.45) is 1.27. The van der Waals surface area contributed by atoms with Crippen LogP contribution in [0.1, 0.15) is 23.6 Å². The Bertz CT molecular complexity index is 374. The molecule has 82 valence electrons. The molecule has 0 amide bonds. The van der Waals surface area contributed by atoms with Crippen molar-refractivity contribution in [2.45, 2.75) is 13.0 Å². The maximum absolute atomic E-state index is 11.1. The lowest BCUT2D eigenvalue weighted by Crippen LogP contribution is -2.18. The molecule has 1 aromatic heterocycles. The Labute approximate surface area is 86.0 Å². The second-order valence-electron chi connectivity index (χ2n) is 2.74. The molecule has 1 aromatic rings. The Morgan fingerprint density at radius 2 is 2.07 bits per heavy atom. The van der Waals surface area contributed by atoms with Gasteiger partial charge in [-0.1, -0.05) is 0 Å². The second-order valence-corrected chi connectivity index (χ2v) is 2.74. The molecule has 0 spiro atoms. The van der Waals surface area contributed by atoms with Gasteiger partial charge in [-0.3, -0.25) is 0 Å². The van der Waals surface area contributed by atoms with Crippen LogP contribution in [0.2, 0.25) is 0 Å². The third-order valence-corrected chi connectivity index (χ3v) is 1.82. The summed E-state index contributed by atoms with van der Waals surface area (Å²) in [5, 5.41) is 3.78. The standard InChI is InChI=1S/C8H11N3O4/c1-5(7(12)14-2)11-4-9-6(10-11)8(13)15-3/h4-5H,1-3H3/t5-/m0/s1. The zero-order valence-electron chi connectivity index (χ0n) is 8.63. The van der Waals surface area contributed by atoms with Crippen molar-refractivity contribution in [2.75, 3.05) is 14.2 Å². The third kappa shape index (κ3) is 2.30. The molecule has 0 unspecified atom stereocenters. The number of nitrogens with zero attached hydrogens (tertiary/aromatic N) is 3. The van der Waals surface area contributed by atoms with Crippen molar-refractivity contribution < 1.29 is 19.1 Å². The Balaban J connectivity index is 2.84. The van der Waals surface area contributed by atoms with Gasteiger partial charge in [0.25, 0.3) is 5.82 Å². The van der Waals surface area contributed by atoms with Gasteiger partial charge < -0.3 is 9.47 Å². The number of hydrogen-bond acceptors (Lipinski definition) is 6. The number of rotatable bonds is 3. The van der Waals surface area contributed by atoms with Gasteiger partial charge in [-0.25, -0.2) is 19.3 Å². The van der Waals surface area contributed by atoms with Gasteiger partial charge in [0, 0.05) is 0 Å². The average Bonchev–Trinajstić information content (AvgIpc) is 2.75. The minimum absolute atomic E-state index is 0.0896. The predicted molar refractivity (Wildman–Crippen MR) is 48.1 cm³/mol. The molecule has 15 heavy (non-hydrogen) atoms. The first-order valence-electron chi connectivity index (χ1n) is 4.17. The van der Waals surface area contributed by atoms with E-state index in [2.05, 4.69) is 19.6 Å². The number of carbonyl (C=O) groups is 2. The van der Waals surface area contributed by atoms with Crippen molar-refractivity contribution in [2.24, 2.45) is 0 Å². The Morgan fingerprint density at radius 3 is 2.60 bits per heavy atom. The van der Waals surface area contributed by atoms with Crippen molar-refractivity contribution >= 4 is 11.9 Å². The molecule has 0 aliphatic rings. The lowest BCUT2D eigenvalue weighted by molar-refractivity contribution is -0.144. The first kappa shape index (κ1) is 11.2. The average molecular weight is 213 g/mol. The van der Waals surface area contributed by atoms with Gasteiger partial charge in [0.1, 0.15) is 12.4 Å². The van der Waals surface area contributed by atoms with Crippen LogP contribution in [0.5, 0.6) is 0 Å². The summed E-state index contributed by atoms with van der Waals surface area (Å²) < 4.78 is 10.2. The van der Waals surface area contributed by atoms with E-state index in [9.17, 15) is 9.59 Å². The second kappa shape index (κ2) is 4.54. The number of hydrogen-bond donors (Lipinski definition) is 0. The van der Waals surface area contributed by atoms with Crippen molar-refractivity contribution in [1.29, 1.82) is 0 Å². The van der Waals surface area contributed by atoms with Crippen LogP contribution < -0.4 is 0 Å². The van der Waals surface area contributed by atoms with E-state index < -0.39 is 18.0 Å². The third-order valence-electron chi connectivity index (χ3n) is 1.82. The molecule has 7 nitrogen and oxygen atoms in total. The minimum atomic E-state index is -0.647. The molecule has 1 rings (SSSR count). The van der Waals surface area contributed by atoms with Crippen LogP contribution in [0.3, 0.4) is 0 Å².